The van der Waals surface area contributed by atoms with Gasteiger partial charge in [0.25, 0.3) is 0 Å². The molecule has 0 saturated heterocycles. The Hall–Kier alpha value is -1.59. The highest BCUT2D eigenvalue weighted by Gasteiger charge is 2.19. The molecule has 0 aromatic rings. The summed E-state index contributed by atoms with van der Waals surface area (Å²) in [5, 5.41) is 0. The standard InChI is InChI=1S/C58H112O6/c1-5-7-9-11-13-15-17-19-22-27-31-35-39-43-47-51-58(61)64-55(52-62-56(59)49-45-41-37-33-29-18-16-14-12-10-8-6-2)53-63-57(60)50-46-42-38-34-30-26-24-21-20-23-25-28-32-36-40-44-48-54(3)4/h54-55H,5-53H2,1-4H3/t55-/m1/s1. The van der Waals surface area contributed by atoms with Crippen molar-refractivity contribution >= 4 is 17.9 Å². The lowest BCUT2D eigenvalue weighted by Crippen LogP contribution is -2.30. The number of unbranched alkanes of at least 4 members (excludes halogenated alkanes) is 40. The first-order valence-corrected chi connectivity index (χ1v) is 28.9. The Balaban J connectivity index is 4.26. The molecule has 64 heavy (non-hydrogen) atoms. The van der Waals surface area contributed by atoms with Crippen molar-refractivity contribution in [2.24, 2.45) is 5.92 Å². The van der Waals surface area contributed by atoms with Gasteiger partial charge in [-0.05, 0) is 25.2 Å². The monoisotopic (exact) mass is 905 g/mol. The first kappa shape index (κ1) is 62.4. The zero-order valence-electron chi connectivity index (χ0n) is 43.8. The van der Waals surface area contributed by atoms with Crippen molar-refractivity contribution in [3.63, 3.8) is 0 Å². The number of hydrogen-bond donors (Lipinski definition) is 0. The molecule has 380 valence electrons. The minimum atomic E-state index is -0.761. The molecule has 0 fully saturated rings. The van der Waals surface area contributed by atoms with Crippen molar-refractivity contribution in [1.82, 2.24) is 0 Å². The molecule has 0 aliphatic rings. The van der Waals surface area contributed by atoms with Gasteiger partial charge in [0.05, 0.1) is 0 Å². The summed E-state index contributed by atoms with van der Waals surface area (Å²) in [4.78, 5) is 38.1. The molecule has 0 aliphatic carbocycles. The van der Waals surface area contributed by atoms with E-state index < -0.39 is 6.10 Å². The third-order valence-electron chi connectivity index (χ3n) is 13.3. The second kappa shape index (κ2) is 52.4. The SMILES string of the molecule is CCCCCCCCCCCCCCCCCC(=O)O[C@H](COC(=O)CCCCCCCCCCCCCC)COC(=O)CCCCCCCCCCCCCCCCCCC(C)C. The van der Waals surface area contributed by atoms with E-state index in [1.807, 2.05) is 0 Å². The number of rotatable bonds is 53. The van der Waals surface area contributed by atoms with Gasteiger partial charge >= 0.3 is 17.9 Å². The number of carbonyl (C=O) groups excluding carboxylic acids is 3. The van der Waals surface area contributed by atoms with Crippen molar-refractivity contribution in [3.8, 4) is 0 Å². The number of carbonyl (C=O) groups is 3. The molecular weight excluding hydrogens is 793 g/mol. The number of esters is 3. The van der Waals surface area contributed by atoms with Crippen LogP contribution in [0.2, 0.25) is 0 Å². The second-order valence-corrected chi connectivity index (χ2v) is 20.4. The van der Waals surface area contributed by atoms with Crippen molar-refractivity contribution in [1.29, 1.82) is 0 Å². The fraction of sp³-hybridized carbons (Fsp3) is 0.948. The van der Waals surface area contributed by atoms with E-state index >= 15 is 0 Å². The smallest absolute Gasteiger partial charge is 0.306 e. The van der Waals surface area contributed by atoms with Crippen LogP contribution in [0.15, 0.2) is 0 Å². The van der Waals surface area contributed by atoms with E-state index in [4.69, 9.17) is 14.2 Å². The predicted octanol–water partition coefficient (Wildman–Crippen LogP) is 19.0. The van der Waals surface area contributed by atoms with Crippen molar-refractivity contribution in [3.05, 3.63) is 0 Å². The van der Waals surface area contributed by atoms with Gasteiger partial charge < -0.3 is 14.2 Å². The quantitative estimate of drug-likeness (QED) is 0.0344. The Labute approximate surface area is 399 Å². The Morgan fingerprint density at radius 1 is 0.297 bits per heavy atom. The van der Waals surface area contributed by atoms with Gasteiger partial charge in [-0.15, -0.1) is 0 Å². The van der Waals surface area contributed by atoms with Gasteiger partial charge in [0.2, 0.25) is 0 Å². The third kappa shape index (κ3) is 51.4. The van der Waals surface area contributed by atoms with Crippen LogP contribution in [0.4, 0.5) is 0 Å². The normalized spacial score (nSPS) is 12.0. The fourth-order valence-corrected chi connectivity index (χ4v) is 8.92. The minimum absolute atomic E-state index is 0.0618. The van der Waals surface area contributed by atoms with Crippen LogP contribution in [-0.4, -0.2) is 37.2 Å². The highest BCUT2D eigenvalue weighted by Crippen LogP contribution is 2.18. The molecule has 6 heteroatoms. The Morgan fingerprint density at radius 3 is 0.766 bits per heavy atom. The zero-order valence-corrected chi connectivity index (χ0v) is 43.8. The van der Waals surface area contributed by atoms with E-state index in [9.17, 15) is 14.4 Å². The summed E-state index contributed by atoms with van der Waals surface area (Å²) in [6.45, 7) is 9.07. The Morgan fingerprint density at radius 2 is 0.516 bits per heavy atom. The summed E-state index contributed by atoms with van der Waals surface area (Å²) in [6, 6.07) is 0. The highest BCUT2D eigenvalue weighted by atomic mass is 16.6. The largest absolute Gasteiger partial charge is 0.462 e. The summed E-state index contributed by atoms with van der Waals surface area (Å²) in [6.07, 6.45) is 56.6. The Kier molecular flexibility index (Phi) is 51.1. The molecule has 0 aliphatic heterocycles. The lowest BCUT2D eigenvalue weighted by atomic mass is 10.0. The van der Waals surface area contributed by atoms with Crippen LogP contribution in [0, 0.1) is 5.92 Å². The van der Waals surface area contributed by atoms with E-state index in [2.05, 4.69) is 27.7 Å². The van der Waals surface area contributed by atoms with Gasteiger partial charge in [0.1, 0.15) is 13.2 Å². The van der Waals surface area contributed by atoms with E-state index in [1.54, 1.807) is 0 Å². The average molecular weight is 906 g/mol. The lowest BCUT2D eigenvalue weighted by molar-refractivity contribution is -0.167. The molecule has 0 spiro atoms. The molecule has 0 aromatic heterocycles. The number of ether oxygens (including phenoxy) is 3. The molecule has 0 heterocycles. The average Bonchev–Trinajstić information content (AvgIpc) is 3.28. The van der Waals surface area contributed by atoms with E-state index in [1.165, 1.54) is 225 Å². The van der Waals surface area contributed by atoms with Gasteiger partial charge in [-0.25, -0.2) is 0 Å². The molecule has 0 amide bonds. The molecule has 0 N–H and O–H groups in total. The summed E-state index contributed by atoms with van der Waals surface area (Å²) in [5.41, 5.74) is 0. The third-order valence-corrected chi connectivity index (χ3v) is 13.3. The van der Waals surface area contributed by atoms with Gasteiger partial charge in [-0.2, -0.15) is 0 Å². The first-order chi connectivity index (χ1) is 31.4. The van der Waals surface area contributed by atoms with Crippen molar-refractivity contribution in [2.45, 2.75) is 336 Å². The maximum atomic E-state index is 12.8. The van der Waals surface area contributed by atoms with Crippen LogP contribution in [0.25, 0.3) is 0 Å². The molecular formula is C58H112O6. The second-order valence-electron chi connectivity index (χ2n) is 20.4. The van der Waals surface area contributed by atoms with E-state index in [0.29, 0.717) is 19.3 Å². The maximum Gasteiger partial charge on any atom is 0.306 e. The summed E-state index contributed by atoms with van der Waals surface area (Å²) in [7, 11) is 0. The summed E-state index contributed by atoms with van der Waals surface area (Å²) in [5.74, 6) is 0.0176. The molecule has 0 unspecified atom stereocenters. The van der Waals surface area contributed by atoms with Crippen molar-refractivity contribution < 1.29 is 28.6 Å². The molecule has 0 bridgehead atoms. The highest BCUT2D eigenvalue weighted by molar-refractivity contribution is 5.71. The van der Waals surface area contributed by atoms with Crippen LogP contribution in [-0.2, 0) is 28.6 Å². The molecule has 0 radical (unpaired) electrons. The molecule has 0 rings (SSSR count). The summed E-state index contributed by atoms with van der Waals surface area (Å²) >= 11 is 0. The van der Waals surface area contributed by atoms with Crippen LogP contribution in [0.5, 0.6) is 0 Å². The van der Waals surface area contributed by atoms with Gasteiger partial charge in [-0.3, -0.25) is 14.4 Å². The minimum Gasteiger partial charge on any atom is -0.462 e. The summed E-state index contributed by atoms with van der Waals surface area (Å²) < 4.78 is 16.9. The Bertz CT molecular complexity index is 964. The zero-order chi connectivity index (χ0) is 46.7. The lowest BCUT2D eigenvalue weighted by Gasteiger charge is -2.18. The predicted molar refractivity (Wildman–Crippen MR) is 275 cm³/mol. The molecule has 0 aromatic carbocycles. The maximum absolute atomic E-state index is 12.8. The number of hydrogen-bond acceptors (Lipinski definition) is 6. The molecule has 1 atom stereocenters. The molecule has 0 saturated carbocycles. The van der Waals surface area contributed by atoms with Crippen LogP contribution < -0.4 is 0 Å². The van der Waals surface area contributed by atoms with Crippen molar-refractivity contribution in [2.75, 3.05) is 13.2 Å². The first-order valence-electron chi connectivity index (χ1n) is 28.9. The van der Waals surface area contributed by atoms with Gasteiger partial charge in [-0.1, -0.05) is 291 Å². The van der Waals surface area contributed by atoms with E-state index in [-0.39, 0.29) is 31.1 Å². The van der Waals surface area contributed by atoms with Crippen LogP contribution in [0.3, 0.4) is 0 Å². The van der Waals surface area contributed by atoms with E-state index in [0.717, 1.165) is 63.7 Å². The topological polar surface area (TPSA) is 78.9 Å². The fourth-order valence-electron chi connectivity index (χ4n) is 8.92. The van der Waals surface area contributed by atoms with Crippen LogP contribution >= 0.6 is 0 Å². The molecule has 6 nitrogen and oxygen atoms in total. The van der Waals surface area contributed by atoms with Gasteiger partial charge in [0, 0.05) is 19.3 Å². The van der Waals surface area contributed by atoms with Gasteiger partial charge in [0.15, 0.2) is 6.10 Å². The van der Waals surface area contributed by atoms with Crippen LogP contribution in [0.1, 0.15) is 329 Å².